The van der Waals surface area contributed by atoms with Gasteiger partial charge in [-0.1, -0.05) is 6.92 Å². The Labute approximate surface area is 114 Å². The van der Waals surface area contributed by atoms with E-state index in [9.17, 15) is 0 Å². The summed E-state index contributed by atoms with van der Waals surface area (Å²) in [7, 11) is 6.61. The maximum Gasteiger partial charge on any atom is 0.0326 e. The minimum Gasteiger partial charge on any atom is -0.315 e. The third-order valence-corrected chi connectivity index (χ3v) is 5.32. The van der Waals surface area contributed by atoms with Crippen LogP contribution in [0.5, 0.6) is 0 Å². The predicted octanol–water partition coefficient (Wildman–Crippen LogP) is 2.04. The second-order valence-corrected chi connectivity index (χ2v) is 6.35. The Bertz CT molecular complexity index is 236. The van der Waals surface area contributed by atoms with Gasteiger partial charge in [-0.05, 0) is 73.3 Å². The first kappa shape index (κ1) is 15.9. The van der Waals surface area contributed by atoms with Crippen LogP contribution in [0.25, 0.3) is 0 Å². The summed E-state index contributed by atoms with van der Waals surface area (Å²) in [6.45, 7) is 10.8. The van der Waals surface area contributed by atoms with Gasteiger partial charge in [-0.2, -0.15) is 0 Å². The van der Waals surface area contributed by atoms with Gasteiger partial charge in [-0.15, -0.1) is 0 Å². The van der Waals surface area contributed by atoms with Crippen LogP contribution in [0.15, 0.2) is 0 Å². The molecule has 18 heavy (non-hydrogen) atoms. The molecule has 0 spiro atoms. The second kappa shape index (κ2) is 6.88. The van der Waals surface area contributed by atoms with Crippen molar-refractivity contribution in [3.8, 4) is 0 Å². The summed E-state index contributed by atoms with van der Waals surface area (Å²) >= 11 is 0. The molecule has 0 aromatic carbocycles. The van der Waals surface area contributed by atoms with E-state index in [1.165, 1.54) is 38.9 Å². The molecule has 1 rings (SSSR count). The first-order valence-corrected chi connectivity index (χ1v) is 7.51. The van der Waals surface area contributed by atoms with Gasteiger partial charge >= 0.3 is 0 Å². The Kier molecular flexibility index (Phi) is 6.09. The molecule has 1 aliphatic rings. The highest BCUT2D eigenvalue weighted by atomic mass is 15.2. The molecule has 108 valence electrons. The van der Waals surface area contributed by atoms with Gasteiger partial charge in [0.15, 0.2) is 0 Å². The third-order valence-electron chi connectivity index (χ3n) is 5.32. The van der Waals surface area contributed by atoms with Crippen molar-refractivity contribution in [3.05, 3.63) is 0 Å². The molecular formula is C15H33N3. The van der Waals surface area contributed by atoms with E-state index < -0.39 is 0 Å². The fourth-order valence-electron chi connectivity index (χ4n) is 3.06. The van der Waals surface area contributed by atoms with Crippen LogP contribution in [-0.2, 0) is 0 Å². The lowest BCUT2D eigenvalue weighted by atomic mass is 9.86. The van der Waals surface area contributed by atoms with E-state index in [4.69, 9.17) is 0 Å². The predicted molar refractivity (Wildman–Crippen MR) is 80.1 cm³/mol. The van der Waals surface area contributed by atoms with Gasteiger partial charge in [0.1, 0.15) is 0 Å². The van der Waals surface area contributed by atoms with E-state index in [-0.39, 0.29) is 5.54 Å². The van der Waals surface area contributed by atoms with Gasteiger partial charge < -0.3 is 10.2 Å². The van der Waals surface area contributed by atoms with Gasteiger partial charge in [0.2, 0.25) is 0 Å². The normalized spacial score (nSPS) is 24.2. The van der Waals surface area contributed by atoms with Crippen molar-refractivity contribution >= 4 is 0 Å². The molecule has 3 nitrogen and oxygen atoms in total. The monoisotopic (exact) mass is 255 g/mol. The molecule has 3 heteroatoms. The van der Waals surface area contributed by atoms with Crippen molar-refractivity contribution in [2.45, 2.75) is 51.6 Å². The van der Waals surface area contributed by atoms with E-state index >= 15 is 0 Å². The van der Waals surface area contributed by atoms with Gasteiger partial charge in [-0.3, -0.25) is 4.90 Å². The van der Waals surface area contributed by atoms with Crippen LogP contribution in [0.1, 0.15) is 40.0 Å². The molecule has 0 aromatic rings. The number of nitrogens with one attached hydrogen (secondary N) is 1. The highest BCUT2D eigenvalue weighted by Crippen LogP contribution is 2.26. The first-order chi connectivity index (χ1) is 8.43. The van der Waals surface area contributed by atoms with Crippen LogP contribution in [0.3, 0.4) is 0 Å². The Balaban J connectivity index is 2.54. The standard InChI is InChI=1S/C15H33N3/c1-7-15(3,13(2)16-4)18(6)12-14-8-10-17(5)11-9-14/h13-14,16H,7-12H2,1-6H3. The quantitative estimate of drug-likeness (QED) is 0.783. The Hall–Kier alpha value is -0.120. The number of likely N-dealkylation sites (tertiary alicyclic amines) is 1. The van der Waals surface area contributed by atoms with Gasteiger partial charge in [0.05, 0.1) is 0 Å². The average Bonchev–Trinajstić information content (AvgIpc) is 2.39. The summed E-state index contributed by atoms with van der Waals surface area (Å²) < 4.78 is 0. The van der Waals surface area contributed by atoms with Crippen molar-refractivity contribution in [2.24, 2.45) is 5.92 Å². The molecule has 1 aliphatic heterocycles. The Morgan fingerprint density at radius 1 is 1.39 bits per heavy atom. The molecular weight excluding hydrogens is 222 g/mol. The van der Waals surface area contributed by atoms with E-state index in [0.29, 0.717) is 6.04 Å². The SMILES string of the molecule is CCC(C)(C(C)NC)N(C)CC1CCN(C)CC1. The largest absolute Gasteiger partial charge is 0.315 e. The first-order valence-electron chi connectivity index (χ1n) is 7.51. The smallest absolute Gasteiger partial charge is 0.0326 e. The molecule has 0 radical (unpaired) electrons. The van der Waals surface area contributed by atoms with Crippen LogP contribution < -0.4 is 5.32 Å². The van der Waals surface area contributed by atoms with Gasteiger partial charge in [0, 0.05) is 18.1 Å². The molecule has 0 bridgehead atoms. The molecule has 2 atom stereocenters. The zero-order chi connectivity index (χ0) is 13.8. The Morgan fingerprint density at radius 3 is 2.39 bits per heavy atom. The van der Waals surface area contributed by atoms with Crippen molar-refractivity contribution in [3.63, 3.8) is 0 Å². The van der Waals surface area contributed by atoms with Crippen molar-refractivity contribution in [1.82, 2.24) is 15.1 Å². The minimum atomic E-state index is 0.262. The van der Waals surface area contributed by atoms with Gasteiger partial charge in [-0.25, -0.2) is 0 Å². The van der Waals surface area contributed by atoms with Crippen molar-refractivity contribution < 1.29 is 0 Å². The summed E-state index contributed by atoms with van der Waals surface area (Å²) in [4.78, 5) is 5.04. The maximum absolute atomic E-state index is 3.43. The van der Waals surface area contributed by atoms with Crippen LogP contribution in [0, 0.1) is 5.92 Å². The maximum atomic E-state index is 3.43. The number of hydrogen-bond donors (Lipinski definition) is 1. The van der Waals surface area contributed by atoms with Crippen LogP contribution >= 0.6 is 0 Å². The lowest BCUT2D eigenvalue weighted by Gasteiger charge is -2.45. The summed E-state index contributed by atoms with van der Waals surface area (Å²) in [5.74, 6) is 0.876. The van der Waals surface area contributed by atoms with Crippen LogP contribution in [0.2, 0.25) is 0 Å². The number of piperidine rings is 1. The molecule has 1 heterocycles. The second-order valence-electron chi connectivity index (χ2n) is 6.35. The topological polar surface area (TPSA) is 18.5 Å². The van der Waals surface area contributed by atoms with E-state index in [1.807, 2.05) is 0 Å². The zero-order valence-corrected chi connectivity index (χ0v) is 13.3. The van der Waals surface area contributed by atoms with E-state index in [2.05, 4.69) is 57.0 Å². The molecule has 1 N–H and O–H groups in total. The van der Waals surface area contributed by atoms with Gasteiger partial charge in [0.25, 0.3) is 0 Å². The number of rotatable bonds is 6. The minimum absolute atomic E-state index is 0.262. The average molecular weight is 255 g/mol. The molecule has 0 amide bonds. The molecule has 1 fully saturated rings. The number of likely N-dealkylation sites (N-methyl/N-ethyl adjacent to an activating group) is 2. The third kappa shape index (κ3) is 3.69. The summed E-state index contributed by atoms with van der Waals surface area (Å²) in [6.07, 6.45) is 3.90. The summed E-state index contributed by atoms with van der Waals surface area (Å²) in [6, 6.07) is 0.527. The fourth-order valence-corrected chi connectivity index (χ4v) is 3.06. The van der Waals surface area contributed by atoms with Crippen molar-refractivity contribution in [1.29, 1.82) is 0 Å². The lowest BCUT2D eigenvalue weighted by Crippen LogP contribution is -2.57. The van der Waals surface area contributed by atoms with Crippen molar-refractivity contribution in [2.75, 3.05) is 40.8 Å². The van der Waals surface area contributed by atoms with Crippen LogP contribution in [-0.4, -0.2) is 62.2 Å². The molecule has 2 unspecified atom stereocenters. The Morgan fingerprint density at radius 2 is 1.94 bits per heavy atom. The number of nitrogens with zero attached hydrogens (tertiary/aromatic N) is 2. The highest BCUT2D eigenvalue weighted by molar-refractivity contribution is 4.93. The van der Waals surface area contributed by atoms with E-state index in [0.717, 1.165) is 5.92 Å². The zero-order valence-electron chi connectivity index (χ0n) is 13.3. The fraction of sp³-hybridized carbons (Fsp3) is 1.00. The van der Waals surface area contributed by atoms with Crippen LogP contribution in [0.4, 0.5) is 0 Å². The molecule has 0 saturated carbocycles. The summed E-state index contributed by atoms with van der Waals surface area (Å²) in [5.41, 5.74) is 0.262. The molecule has 1 saturated heterocycles. The molecule has 0 aromatic heterocycles. The molecule has 0 aliphatic carbocycles. The summed E-state index contributed by atoms with van der Waals surface area (Å²) in [5, 5.41) is 3.43. The lowest BCUT2D eigenvalue weighted by molar-refractivity contribution is 0.0652. The highest BCUT2D eigenvalue weighted by Gasteiger charge is 2.34. The van der Waals surface area contributed by atoms with E-state index in [1.54, 1.807) is 0 Å². The number of hydrogen-bond acceptors (Lipinski definition) is 3.